The van der Waals surface area contributed by atoms with Gasteiger partial charge < -0.3 is 4.74 Å². The molecule has 5 aromatic carbocycles. The maximum absolute atomic E-state index is 12.3. The van der Waals surface area contributed by atoms with Crippen molar-refractivity contribution in [1.82, 2.24) is 0 Å². The first-order valence-corrected chi connectivity index (χ1v) is 13.9. The molecular formula is C36H37ClF3NO3. The molecule has 232 valence electrons. The normalized spacial score (nSPS) is 9.32. The van der Waals surface area contributed by atoms with Crippen molar-refractivity contribution >= 4 is 17.3 Å². The van der Waals surface area contributed by atoms with Crippen LogP contribution < -0.4 is 4.74 Å². The minimum absolute atomic E-state index is 0.132. The van der Waals surface area contributed by atoms with Crippen LogP contribution in [-0.2, 0) is 0 Å². The number of non-ortho nitro benzene ring substituents is 1. The summed E-state index contributed by atoms with van der Waals surface area (Å²) in [7, 11) is 1.61. The van der Waals surface area contributed by atoms with Crippen molar-refractivity contribution in [2.75, 3.05) is 7.11 Å². The maximum Gasteiger partial charge on any atom is 0.269 e. The molecule has 0 amide bonds. The molecule has 4 nitrogen and oxygen atoms in total. The topological polar surface area (TPSA) is 52.4 Å². The molecule has 8 heteroatoms. The highest BCUT2D eigenvalue weighted by Crippen LogP contribution is 2.24. The molecule has 0 saturated carbocycles. The highest BCUT2D eigenvalue weighted by Gasteiger charge is 2.00. The Bertz CT molecular complexity index is 1500. The first-order chi connectivity index (χ1) is 20.8. The Labute approximate surface area is 262 Å². The summed E-state index contributed by atoms with van der Waals surface area (Å²) in [4.78, 5) is 9.71. The summed E-state index contributed by atoms with van der Waals surface area (Å²) in [5.74, 6) is 0.264. The molecule has 0 radical (unpaired) electrons. The Morgan fingerprint density at radius 1 is 0.614 bits per heavy atom. The molecule has 0 aliphatic heterocycles. The highest BCUT2D eigenvalue weighted by molar-refractivity contribution is 6.32. The van der Waals surface area contributed by atoms with Gasteiger partial charge in [-0.15, -0.1) is 0 Å². The summed E-state index contributed by atoms with van der Waals surface area (Å²) in [5.41, 5.74) is 5.07. The van der Waals surface area contributed by atoms with Gasteiger partial charge in [0.2, 0.25) is 0 Å². The average molecular weight is 624 g/mol. The predicted molar refractivity (Wildman–Crippen MR) is 174 cm³/mol. The largest absolute Gasteiger partial charge is 0.495 e. The summed E-state index contributed by atoms with van der Waals surface area (Å²) in [6.07, 6.45) is 0. The van der Waals surface area contributed by atoms with Crippen LogP contribution in [0.4, 0.5) is 18.9 Å². The zero-order valence-electron chi connectivity index (χ0n) is 25.7. The van der Waals surface area contributed by atoms with Crippen LogP contribution in [0.25, 0.3) is 0 Å². The Kier molecular flexibility index (Phi) is 17.3. The van der Waals surface area contributed by atoms with Gasteiger partial charge >= 0.3 is 0 Å². The minimum Gasteiger partial charge on any atom is -0.495 e. The Morgan fingerprint density at radius 3 is 1.52 bits per heavy atom. The SMILES string of the molecule is COc1ccc(C)cc1Cl.Cc1ccc(F)cc1.Cc1ccc([N+](=O)[O-])cc1.Cc1cccc(F)c1.Cc1ccccc1F. The van der Waals surface area contributed by atoms with Crippen molar-refractivity contribution < 1.29 is 22.8 Å². The van der Waals surface area contributed by atoms with Gasteiger partial charge in [0.25, 0.3) is 5.69 Å². The Morgan fingerprint density at radius 2 is 1.14 bits per heavy atom. The summed E-state index contributed by atoms with van der Waals surface area (Å²) in [6.45, 7) is 9.42. The molecular weight excluding hydrogens is 587 g/mol. The van der Waals surface area contributed by atoms with Crippen molar-refractivity contribution in [1.29, 1.82) is 0 Å². The Hall–Kier alpha value is -4.62. The Balaban J connectivity index is 0.000000276. The molecule has 0 spiro atoms. The lowest BCUT2D eigenvalue weighted by molar-refractivity contribution is -0.384. The van der Waals surface area contributed by atoms with Crippen LogP contribution in [-0.4, -0.2) is 12.0 Å². The van der Waals surface area contributed by atoms with Crippen LogP contribution in [0.2, 0.25) is 5.02 Å². The zero-order chi connectivity index (χ0) is 33.1. The summed E-state index contributed by atoms with van der Waals surface area (Å²) >= 11 is 5.80. The number of aryl methyl sites for hydroxylation is 5. The lowest BCUT2D eigenvalue weighted by atomic mass is 10.2. The molecule has 0 saturated heterocycles. The standard InChI is InChI=1S/C8H9ClO.3C7H7F.C7H7NO2/c1-6-3-4-8(10-2)7(9)5-6;1-6-2-4-7(8)5-3-6;1-6-3-2-4-7(8)5-6;1-6-4-2-3-5-7(6)8;1-6-2-4-7(5-3-6)8(9)10/h3-5H,1-2H3;3*2-5H,1H3;2-5H,1H3. The average Bonchev–Trinajstić information content (AvgIpc) is 2.98. The van der Waals surface area contributed by atoms with Gasteiger partial charge in [-0.25, -0.2) is 13.2 Å². The summed E-state index contributed by atoms with van der Waals surface area (Å²) in [5, 5.41) is 10.8. The molecule has 0 atom stereocenters. The van der Waals surface area contributed by atoms with Crippen LogP contribution in [0.15, 0.2) is 115 Å². The van der Waals surface area contributed by atoms with Crippen LogP contribution in [0.1, 0.15) is 27.8 Å². The van der Waals surface area contributed by atoms with Gasteiger partial charge in [-0.1, -0.05) is 83.4 Å². The number of nitro benzene ring substituents is 1. The van der Waals surface area contributed by atoms with E-state index in [2.05, 4.69) is 0 Å². The van der Waals surface area contributed by atoms with Gasteiger partial charge in [-0.3, -0.25) is 10.1 Å². The predicted octanol–water partition coefficient (Wildman–Crippen LogP) is 11.0. The summed E-state index contributed by atoms with van der Waals surface area (Å²) in [6, 6.07) is 31.7. The van der Waals surface area contributed by atoms with Gasteiger partial charge in [-0.2, -0.15) is 0 Å². The lowest BCUT2D eigenvalue weighted by Crippen LogP contribution is -1.86. The molecule has 0 aliphatic rings. The molecule has 0 heterocycles. The molecule has 0 N–H and O–H groups in total. The fraction of sp³-hybridized carbons (Fsp3) is 0.167. The smallest absolute Gasteiger partial charge is 0.269 e. The third-order valence-electron chi connectivity index (χ3n) is 5.62. The number of hydrogen-bond acceptors (Lipinski definition) is 3. The number of rotatable bonds is 2. The lowest BCUT2D eigenvalue weighted by Gasteiger charge is -2.01. The van der Waals surface area contributed by atoms with E-state index in [-0.39, 0.29) is 23.1 Å². The van der Waals surface area contributed by atoms with Gasteiger partial charge in [0.05, 0.1) is 17.1 Å². The van der Waals surface area contributed by atoms with Crippen molar-refractivity contribution in [2.24, 2.45) is 0 Å². The van der Waals surface area contributed by atoms with E-state index in [0.29, 0.717) is 10.6 Å². The van der Waals surface area contributed by atoms with Crippen molar-refractivity contribution in [3.05, 3.63) is 176 Å². The number of nitro groups is 1. The van der Waals surface area contributed by atoms with Crippen LogP contribution in [0.3, 0.4) is 0 Å². The third-order valence-corrected chi connectivity index (χ3v) is 5.92. The summed E-state index contributed by atoms with van der Waals surface area (Å²) < 4.78 is 41.5. The second-order valence-corrected chi connectivity index (χ2v) is 9.98. The van der Waals surface area contributed by atoms with E-state index < -0.39 is 4.92 Å². The van der Waals surface area contributed by atoms with E-state index >= 15 is 0 Å². The first kappa shape index (κ1) is 37.4. The van der Waals surface area contributed by atoms with E-state index in [1.165, 1.54) is 42.5 Å². The fourth-order valence-corrected chi connectivity index (χ4v) is 3.44. The molecule has 0 unspecified atom stereocenters. The first-order valence-electron chi connectivity index (χ1n) is 13.5. The number of benzene rings is 5. The van der Waals surface area contributed by atoms with E-state index in [0.717, 1.165) is 28.0 Å². The van der Waals surface area contributed by atoms with Gasteiger partial charge in [0.15, 0.2) is 0 Å². The number of hydrogen-bond donors (Lipinski definition) is 0. The van der Waals surface area contributed by atoms with Gasteiger partial charge in [0, 0.05) is 12.1 Å². The quantitative estimate of drug-likeness (QED) is 0.145. The monoisotopic (exact) mass is 623 g/mol. The highest BCUT2D eigenvalue weighted by atomic mass is 35.5. The molecule has 0 aromatic heterocycles. The van der Waals surface area contributed by atoms with E-state index in [9.17, 15) is 23.3 Å². The van der Waals surface area contributed by atoms with Crippen LogP contribution in [0.5, 0.6) is 5.75 Å². The molecule has 5 aromatic rings. The van der Waals surface area contributed by atoms with E-state index in [1.54, 1.807) is 56.5 Å². The fourth-order valence-electron chi connectivity index (χ4n) is 3.13. The minimum atomic E-state index is -0.403. The second-order valence-electron chi connectivity index (χ2n) is 9.57. The van der Waals surface area contributed by atoms with E-state index in [4.69, 9.17) is 16.3 Å². The number of ether oxygens (including phenoxy) is 1. The molecule has 0 fully saturated rings. The molecule has 5 rings (SSSR count). The maximum atomic E-state index is 12.3. The zero-order valence-corrected chi connectivity index (χ0v) is 26.4. The number of methoxy groups -OCH3 is 1. The van der Waals surface area contributed by atoms with Crippen molar-refractivity contribution in [3.8, 4) is 5.75 Å². The number of nitrogens with zero attached hydrogens (tertiary/aromatic N) is 1. The second kappa shape index (κ2) is 20.3. The van der Waals surface area contributed by atoms with Crippen LogP contribution >= 0.6 is 11.6 Å². The van der Waals surface area contributed by atoms with Crippen molar-refractivity contribution in [3.63, 3.8) is 0 Å². The molecule has 0 bridgehead atoms. The number of halogens is 4. The molecule has 0 aliphatic carbocycles. The third kappa shape index (κ3) is 16.1. The molecule has 44 heavy (non-hydrogen) atoms. The van der Waals surface area contributed by atoms with E-state index in [1.807, 2.05) is 58.0 Å². The van der Waals surface area contributed by atoms with Gasteiger partial charge in [0.1, 0.15) is 23.2 Å². The van der Waals surface area contributed by atoms with Crippen molar-refractivity contribution in [2.45, 2.75) is 34.6 Å². The van der Waals surface area contributed by atoms with Gasteiger partial charge in [-0.05, 0) is 93.8 Å². The van der Waals surface area contributed by atoms with Crippen LogP contribution in [0, 0.1) is 62.2 Å².